The molecule has 9 heteroatoms. The van der Waals surface area contributed by atoms with E-state index in [0.717, 1.165) is 75.0 Å². The number of methoxy groups -OCH3 is 2. The molecule has 2 aromatic rings. The molecule has 32 heavy (non-hydrogen) atoms. The number of guanidine groups is 1. The van der Waals surface area contributed by atoms with E-state index in [1.54, 1.807) is 14.2 Å². The second-order valence-electron chi connectivity index (χ2n) is 7.86. The maximum absolute atomic E-state index is 5.42. The SMILES string of the molecule is CCNC(=NCCCc1cnn(C)c1)NC1CCN(c2cc(OC)cc(OC)c2)CC1.I. The average Bonchev–Trinajstić information content (AvgIpc) is 3.21. The molecule has 1 aromatic heterocycles. The Kier molecular flexibility index (Phi) is 10.9. The van der Waals surface area contributed by atoms with Gasteiger partial charge in [-0.05, 0) is 38.2 Å². The summed E-state index contributed by atoms with van der Waals surface area (Å²) in [5, 5.41) is 11.2. The van der Waals surface area contributed by atoms with Gasteiger partial charge in [0.15, 0.2) is 5.96 Å². The maximum atomic E-state index is 5.42. The predicted molar refractivity (Wildman–Crippen MR) is 141 cm³/mol. The van der Waals surface area contributed by atoms with Crippen LogP contribution in [0.1, 0.15) is 31.7 Å². The number of aryl methyl sites for hydroxylation is 2. The van der Waals surface area contributed by atoms with E-state index in [1.165, 1.54) is 5.56 Å². The summed E-state index contributed by atoms with van der Waals surface area (Å²) in [7, 11) is 5.32. The Morgan fingerprint density at radius 1 is 1.16 bits per heavy atom. The predicted octanol–water partition coefficient (Wildman–Crippen LogP) is 3.21. The van der Waals surface area contributed by atoms with Crippen LogP contribution in [-0.4, -0.2) is 62.2 Å². The van der Waals surface area contributed by atoms with E-state index in [-0.39, 0.29) is 24.0 Å². The van der Waals surface area contributed by atoms with E-state index in [1.807, 2.05) is 24.0 Å². The van der Waals surface area contributed by atoms with Crippen LogP contribution in [0.5, 0.6) is 11.5 Å². The molecule has 2 N–H and O–H groups in total. The van der Waals surface area contributed by atoms with Crippen molar-refractivity contribution in [2.45, 2.75) is 38.6 Å². The monoisotopic (exact) mass is 556 g/mol. The van der Waals surface area contributed by atoms with E-state index in [0.29, 0.717) is 6.04 Å². The van der Waals surface area contributed by atoms with E-state index in [2.05, 4.69) is 45.9 Å². The van der Waals surface area contributed by atoms with Crippen LogP contribution < -0.4 is 25.0 Å². The van der Waals surface area contributed by atoms with E-state index >= 15 is 0 Å². The van der Waals surface area contributed by atoms with Crippen LogP contribution in [0.2, 0.25) is 0 Å². The molecule has 0 spiro atoms. The van der Waals surface area contributed by atoms with Gasteiger partial charge in [-0.1, -0.05) is 0 Å². The number of aromatic nitrogens is 2. The van der Waals surface area contributed by atoms with Crippen molar-refractivity contribution in [3.05, 3.63) is 36.2 Å². The molecular formula is C23H37IN6O2. The Balaban J connectivity index is 0.00000363. The lowest BCUT2D eigenvalue weighted by Gasteiger charge is -2.34. The molecule has 1 aliphatic rings. The molecule has 2 heterocycles. The zero-order valence-electron chi connectivity index (χ0n) is 19.6. The Morgan fingerprint density at radius 2 is 1.84 bits per heavy atom. The second-order valence-corrected chi connectivity index (χ2v) is 7.86. The van der Waals surface area contributed by atoms with Crippen molar-refractivity contribution in [1.29, 1.82) is 0 Å². The van der Waals surface area contributed by atoms with Gasteiger partial charge >= 0.3 is 0 Å². The largest absolute Gasteiger partial charge is 0.497 e. The van der Waals surface area contributed by atoms with E-state index in [4.69, 9.17) is 14.5 Å². The van der Waals surface area contributed by atoms with Gasteiger partial charge in [-0.2, -0.15) is 5.10 Å². The molecule has 0 unspecified atom stereocenters. The average molecular weight is 556 g/mol. The summed E-state index contributed by atoms with van der Waals surface area (Å²) in [4.78, 5) is 7.16. The number of benzene rings is 1. The summed E-state index contributed by atoms with van der Waals surface area (Å²) in [6.45, 7) is 5.72. The van der Waals surface area contributed by atoms with Crippen LogP contribution >= 0.6 is 24.0 Å². The molecule has 0 amide bonds. The number of rotatable bonds is 9. The van der Waals surface area contributed by atoms with Gasteiger partial charge in [0, 0.05) is 69.4 Å². The molecule has 1 aliphatic heterocycles. The van der Waals surface area contributed by atoms with Crippen molar-refractivity contribution in [3.63, 3.8) is 0 Å². The van der Waals surface area contributed by atoms with Crippen LogP contribution in [-0.2, 0) is 13.5 Å². The summed E-state index contributed by atoms with van der Waals surface area (Å²) < 4.78 is 12.7. The molecule has 0 radical (unpaired) electrons. The zero-order chi connectivity index (χ0) is 22.1. The fourth-order valence-corrected chi connectivity index (χ4v) is 3.85. The Bertz CT molecular complexity index is 827. The summed E-state index contributed by atoms with van der Waals surface area (Å²) >= 11 is 0. The minimum atomic E-state index is 0. The lowest BCUT2D eigenvalue weighted by Crippen LogP contribution is -2.48. The molecule has 0 atom stereocenters. The smallest absolute Gasteiger partial charge is 0.191 e. The zero-order valence-corrected chi connectivity index (χ0v) is 22.0. The number of ether oxygens (including phenoxy) is 2. The van der Waals surface area contributed by atoms with Crippen LogP contribution in [0, 0.1) is 0 Å². The van der Waals surface area contributed by atoms with Gasteiger partial charge in [0.2, 0.25) is 0 Å². The number of hydrogen-bond acceptors (Lipinski definition) is 5. The summed E-state index contributed by atoms with van der Waals surface area (Å²) in [6.07, 6.45) is 8.12. The van der Waals surface area contributed by atoms with Crippen LogP contribution in [0.25, 0.3) is 0 Å². The molecule has 1 fully saturated rings. The van der Waals surface area contributed by atoms with Crippen LogP contribution in [0.15, 0.2) is 35.6 Å². The lowest BCUT2D eigenvalue weighted by molar-refractivity contribution is 0.393. The van der Waals surface area contributed by atoms with Gasteiger partial charge in [0.25, 0.3) is 0 Å². The third-order valence-corrected chi connectivity index (χ3v) is 5.53. The molecule has 1 saturated heterocycles. The van der Waals surface area contributed by atoms with Crippen molar-refractivity contribution >= 4 is 35.6 Å². The molecule has 0 bridgehead atoms. The van der Waals surface area contributed by atoms with Crippen molar-refractivity contribution in [1.82, 2.24) is 20.4 Å². The molecular weight excluding hydrogens is 519 g/mol. The van der Waals surface area contributed by atoms with Crippen molar-refractivity contribution < 1.29 is 9.47 Å². The first kappa shape index (κ1) is 26.1. The van der Waals surface area contributed by atoms with E-state index < -0.39 is 0 Å². The van der Waals surface area contributed by atoms with Gasteiger partial charge in [0.05, 0.1) is 20.4 Å². The highest BCUT2D eigenvalue weighted by atomic mass is 127. The van der Waals surface area contributed by atoms with Gasteiger partial charge in [-0.15, -0.1) is 24.0 Å². The molecule has 0 aliphatic carbocycles. The van der Waals surface area contributed by atoms with Crippen LogP contribution in [0.4, 0.5) is 5.69 Å². The van der Waals surface area contributed by atoms with Gasteiger partial charge in [-0.25, -0.2) is 0 Å². The third kappa shape index (κ3) is 7.75. The highest BCUT2D eigenvalue weighted by Gasteiger charge is 2.21. The minimum absolute atomic E-state index is 0. The van der Waals surface area contributed by atoms with Crippen molar-refractivity contribution in [2.24, 2.45) is 12.0 Å². The Labute approximate surface area is 208 Å². The number of halogens is 1. The summed E-state index contributed by atoms with van der Waals surface area (Å²) in [6, 6.07) is 6.47. The Morgan fingerprint density at radius 3 is 2.41 bits per heavy atom. The molecule has 0 saturated carbocycles. The Hall–Kier alpha value is -2.17. The van der Waals surface area contributed by atoms with Crippen molar-refractivity contribution in [3.8, 4) is 11.5 Å². The third-order valence-electron chi connectivity index (χ3n) is 5.53. The highest BCUT2D eigenvalue weighted by molar-refractivity contribution is 14.0. The number of hydrogen-bond donors (Lipinski definition) is 2. The minimum Gasteiger partial charge on any atom is -0.497 e. The fourth-order valence-electron chi connectivity index (χ4n) is 3.85. The molecule has 8 nitrogen and oxygen atoms in total. The second kappa shape index (κ2) is 13.4. The summed E-state index contributed by atoms with van der Waals surface area (Å²) in [5.74, 6) is 2.56. The molecule has 1 aromatic carbocycles. The number of nitrogens with one attached hydrogen (secondary N) is 2. The first-order chi connectivity index (χ1) is 15.1. The first-order valence-corrected chi connectivity index (χ1v) is 11.1. The van der Waals surface area contributed by atoms with Crippen molar-refractivity contribution in [2.75, 3.05) is 45.3 Å². The topological polar surface area (TPSA) is 75.9 Å². The number of piperidine rings is 1. The fraction of sp³-hybridized carbons (Fsp3) is 0.565. The molecule has 3 rings (SSSR count). The highest BCUT2D eigenvalue weighted by Crippen LogP contribution is 2.30. The quantitative estimate of drug-likeness (QED) is 0.214. The van der Waals surface area contributed by atoms with Crippen LogP contribution in [0.3, 0.4) is 0 Å². The van der Waals surface area contributed by atoms with Gasteiger partial charge in [0.1, 0.15) is 11.5 Å². The van der Waals surface area contributed by atoms with E-state index in [9.17, 15) is 0 Å². The number of anilines is 1. The van der Waals surface area contributed by atoms with Gasteiger partial charge in [-0.3, -0.25) is 9.67 Å². The number of nitrogens with zero attached hydrogens (tertiary/aromatic N) is 4. The van der Waals surface area contributed by atoms with Gasteiger partial charge < -0.3 is 25.0 Å². The first-order valence-electron chi connectivity index (χ1n) is 11.1. The molecule has 178 valence electrons. The standard InChI is InChI=1S/C23H36N6O2.HI/c1-5-24-23(25-10-6-7-18-16-26-28(2)17-18)27-19-8-11-29(12-9-19)20-13-21(30-3)15-22(14-20)31-4;/h13-17,19H,5-12H2,1-4H3,(H2,24,25,27);1H. The lowest BCUT2D eigenvalue weighted by atomic mass is 10.0. The normalized spacial score (nSPS) is 14.6. The number of aliphatic imine (C=N–C) groups is 1. The summed E-state index contributed by atoms with van der Waals surface area (Å²) in [5.41, 5.74) is 2.41. The maximum Gasteiger partial charge on any atom is 0.191 e.